The molecule has 1 saturated heterocycles. The Morgan fingerprint density at radius 1 is 1.25 bits per heavy atom. The maximum Gasteiger partial charge on any atom is 0.176 e. The molecule has 1 aromatic rings. The molecule has 0 amide bonds. The number of hydrogen-bond donors (Lipinski definition) is 0. The van der Waals surface area contributed by atoms with Crippen molar-refractivity contribution in [1.29, 1.82) is 0 Å². The molecule has 2 heterocycles. The summed E-state index contributed by atoms with van der Waals surface area (Å²) in [5, 5.41) is 4.65. The van der Waals surface area contributed by atoms with Crippen LogP contribution in [0.5, 0.6) is 5.75 Å². The van der Waals surface area contributed by atoms with E-state index >= 15 is 0 Å². The Kier molecular flexibility index (Phi) is 3.95. The van der Waals surface area contributed by atoms with Gasteiger partial charge in [-0.2, -0.15) is 5.10 Å². The van der Waals surface area contributed by atoms with Gasteiger partial charge in [0.2, 0.25) is 0 Å². The highest BCUT2D eigenvalue weighted by Crippen LogP contribution is 2.33. The van der Waals surface area contributed by atoms with Crippen LogP contribution in [-0.4, -0.2) is 35.8 Å². The van der Waals surface area contributed by atoms with Crippen LogP contribution in [0.3, 0.4) is 0 Å². The minimum absolute atomic E-state index is 0.122. The van der Waals surface area contributed by atoms with Crippen LogP contribution in [-0.2, 0) is 9.84 Å². The lowest BCUT2D eigenvalue weighted by atomic mass is 9.98. The molecule has 1 saturated carbocycles. The molecule has 0 radical (unpaired) electrons. The van der Waals surface area contributed by atoms with Crippen molar-refractivity contribution in [2.45, 2.75) is 50.7 Å². The third-order valence-electron chi connectivity index (χ3n) is 4.10. The monoisotopic (exact) mass is 318 g/mol. The molecule has 1 atom stereocenters. The molecule has 2 fully saturated rings. The lowest BCUT2D eigenvalue weighted by molar-refractivity contribution is 0.155. The Balaban J connectivity index is 1.72. The average Bonchev–Trinajstić information content (AvgIpc) is 2.95. The molecule has 3 rings (SSSR count). The van der Waals surface area contributed by atoms with Crippen LogP contribution in [0.2, 0.25) is 5.15 Å². The summed E-state index contributed by atoms with van der Waals surface area (Å²) in [4.78, 5) is 0. The van der Waals surface area contributed by atoms with Crippen LogP contribution < -0.4 is 4.74 Å². The van der Waals surface area contributed by atoms with Gasteiger partial charge in [-0.15, -0.1) is 0 Å². The minimum Gasteiger partial charge on any atom is -0.486 e. The molecular weight excluding hydrogens is 300 g/mol. The van der Waals surface area contributed by atoms with Crippen molar-refractivity contribution in [3.05, 3.63) is 11.3 Å². The van der Waals surface area contributed by atoms with Crippen molar-refractivity contribution in [2.24, 2.45) is 0 Å². The smallest absolute Gasteiger partial charge is 0.176 e. The van der Waals surface area contributed by atoms with Gasteiger partial charge in [0.15, 0.2) is 20.7 Å². The summed E-state index contributed by atoms with van der Waals surface area (Å²) in [5.74, 6) is 0.923. The largest absolute Gasteiger partial charge is 0.486 e. The van der Waals surface area contributed by atoms with Gasteiger partial charge in [-0.05, 0) is 32.1 Å². The lowest BCUT2D eigenvalue weighted by Gasteiger charge is -2.22. The maximum absolute atomic E-state index is 11.5. The molecule has 0 spiro atoms. The van der Waals surface area contributed by atoms with Crippen LogP contribution >= 0.6 is 11.6 Å². The zero-order chi connectivity index (χ0) is 14.2. The number of hydrogen-bond acceptors (Lipinski definition) is 4. The molecule has 1 aliphatic heterocycles. The molecule has 0 aromatic carbocycles. The van der Waals surface area contributed by atoms with Gasteiger partial charge in [-0.1, -0.05) is 18.0 Å². The quantitative estimate of drug-likeness (QED) is 0.859. The van der Waals surface area contributed by atoms with Gasteiger partial charge >= 0.3 is 0 Å². The van der Waals surface area contributed by atoms with Crippen molar-refractivity contribution in [3.63, 3.8) is 0 Å². The summed E-state index contributed by atoms with van der Waals surface area (Å²) in [7, 11) is -2.94. The number of sulfone groups is 1. The van der Waals surface area contributed by atoms with E-state index in [1.165, 1.54) is 19.3 Å². The summed E-state index contributed by atoms with van der Waals surface area (Å²) in [6.07, 6.45) is 8.17. The number of ether oxygens (including phenoxy) is 1. The SMILES string of the molecule is O=S1(=O)CCC(n2ncc(OC3CCCCC3)c2Cl)C1. The Morgan fingerprint density at radius 2 is 2.00 bits per heavy atom. The van der Waals surface area contributed by atoms with Crippen LogP contribution in [0.25, 0.3) is 0 Å². The number of nitrogens with zero attached hydrogens (tertiary/aromatic N) is 2. The first-order chi connectivity index (χ1) is 9.55. The fourth-order valence-corrected chi connectivity index (χ4v) is 4.96. The average molecular weight is 319 g/mol. The highest BCUT2D eigenvalue weighted by Gasteiger charge is 2.32. The molecule has 0 bridgehead atoms. The summed E-state index contributed by atoms with van der Waals surface area (Å²) < 4.78 is 30.6. The van der Waals surface area contributed by atoms with Crippen molar-refractivity contribution < 1.29 is 13.2 Å². The molecule has 1 aliphatic carbocycles. The Bertz CT molecular complexity index is 578. The van der Waals surface area contributed by atoms with E-state index in [1.807, 2.05) is 0 Å². The van der Waals surface area contributed by atoms with E-state index < -0.39 is 9.84 Å². The molecule has 0 N–H and O–H groups in total. The van der Waals surface area contributed by atoms with Crippen molar-refractivity contribution >= 4 is 21.4 Å². The summed E-state index contributed by atoms with van der Waals surface area (Å²) in [5.41, 5.74) is 0. The van der Waals surface area contributed by atoms with E-state index in [4.69, 9.17) is 16.3 Å². The zero-order valence-corrected chi connectivity index (χ0v) is 12.9. The van der Waals surface area contributed by atoms with Gasteiger partial charge in [0.05, 0.1) is 29.8 Å². The molecule has 1 unspecified atom stereocenters. The van der Waals surface area contributed by atoms with Crippen molar-refractivity contribution in [3.8, 4) is 5.75 Å². The van der Waals surface area contributed by atoms with E-state index in [2.05, 4.69) is 5.10 Å². The Hall–Kier alpha value is -0.750. The number of aromatic nitrogens is 2. The second kappa shape index (κ2) is 5.56. The van der Waals surface area contributed by atoms with Gasteiger partial charge in [0, 0.05) is 0 Å². The van der Waals surface area contributed by atoms with E-state index in [1.54, 1.807) is 10.9 Å². The summed E-state index contributed by atoms with van der Waals surface area (Å²) in [6, 6.07) is -0.156. The number of rotatable bonds is 3. The van der Waals surface area contributed by atoms with E-state index in [0.29, 0.717) is 17.3 Å². The lowest BCUT2D eigenvalue weighted by Crippen LogP contribution is -2.19. The maximum atomic E-state index is 11.5. The standard InChI is InChI=1S/C13H19ClN2O3S/c14-13-12(19-11-4-2-1-3-5-11)8-15-16(13)10-6-7-20(17,18)9-10/h8,10-11H,1-7,9H2. The number of halogens is 1. The van der Waals surface area contributed by atoms with E-state index in [0.717, 1.165) is 12.8 Å². The zero-order valence-electron chi connectivity index (χ0n) is 11.3. The summed E-state index contributed by atoms with van der Waals surface area (Å²) in [6.45, 7) is 0. The van der Waals surface area contributed by atoms with E-state index in [-0.39, 0.29) is 23.7 Å². The topological polar surface area (TPSA) is 61.2 Å². The Labute approximate surface area is 124 Å². The second-order valence-corrected chi connectivity index (χ2v) is 8.27. The molecule has 112 valence electrons. The molecule has 1 aromatic heterocycles. The normalized spacial score (nSPS) is 26.8. The third kappa shape index (κ3) is 2.96. The molecule has 7 heteroatoms. The summed E-state index contributed by atoms with van der Waals surface area (Å²) >= 11 is 6.30. The Morgan fingerprint density at radius 3 is 2.65 bits per heavy atom. The van der Waals surface area contributed by atoms with Crippen molar-refractivity contribution in [2.75, 3.05) is 11.5 Å². The van der Waals surface area contributed by atoms with Crippen molar-refractivity contribution in [1.82, 2.24) is 9.78 Å². The molecule has 2 aliphatic rings. The van der Waals surface area contributed by atoms with Crippen LogP contribution in [0.1, 0.15) is 44.6 Å². The third-order valence-corrected chi connectivity index (χ3v) is 6.21. The van der Waals surface area contributed by atoms with E-state index in [9.17, 15) is 8.42 Å². The van der Waals surface area contributed by atoms with Gasteiger partial charge < -0.3 is 4.74 Å². The molecule has 20 heavy (non-hydrogen) atoms. The van der Waals surface area contributed by atoms with Gasteiger partial charge in [0.25, 0.3) is 0 Å². The first kappa shape index (κ1) is 14.2. The van der Waals surface area contributed by atoms with Crippen LogP contribution in [0, 0.1) is 0 Å². The predicted molar refractivity (Wildman–Crippen MR) is 77.0 cm³/mol. The van der Waals surface area contributed by atoms with Crippen LogP contribution in [0.15, 0.2) is 6.20 Å². The second-order valence-electron chi connectivity index (χ2n) is 5.68. The van der Waals surface area contributed by atoms with Gasteiger partial charge in [0.1, 0.15) is 0 Å². The minimum atomic E-state index is -2.94. The predicted octanol–water partition coefficient (Wildman–Crippen LogP) is 2.61. The fraction of sp³-hybridized carbons (Fsp3) is 0.769. The van der Waals surface area contributed by atoms with Gasteiger partial charge in [-0.3, -0.25) is 0 Å². The van der Waals surface area contributed by atoms with Gasteiger partial charge in [-0.25, -0.2) is 13.1 Å². The highest BCUT2D eigenvalue weighted by atomic mass is 35.5. The molecular formula is C13H19ClN2O3S. The highest BCUT2D eigenvalue weighted by molar-refractivity contribution is 7.91. The first-order valence-electron chi connectivity index (χ1n) is 7.15. The van der Waals surface area contributed by atoms with Crippen LogP contribution in [0.4, 0.5) is 0 Å². The first-order valence-corrected chi connectivity index (χ1v) is 9.35. The molecule has 5 nitrogen and oxygen atoms in total. The fourth-order valence-electron chi connectivity index (χ4n) is 3.00.